The molecule has 2 heterocycles. The second-order valence-corrected chi connectivity index (χ2v) is 5.81. The van der Waals surface area contributed by atoms with Gasteiger partial charge in [-0.15, -0.1) is 24.0 Å². The third kappa shape index (κ3) is 5.31. The first-order valence-electron chi connectivity index (χ1n) is 8.46. The lowest BCUT2D eigenvalue weighted by molar-refractivity contribution is 0.122. The smallest absolute Gasteiger partial charge is 0.191 e. The number of ether oxygens (including phenoxy) is 1. The molecule has 0 amide bonds. The molecule has 1 aliphatic rings. The summed E-state index contributed by atoms with van der Waals surface area (Å²) in [5.41, 5.74) is 2.49. The van der Waals surface area contributed by atoms with Gasteiger partial charge in [-0.25, -0.2) is 4.98 Å². The summed E-state index contributed by atoms with van der Waals surface area (Å²) in [6, 6.07) is 8.46. The lowest BCUT2D eigenvalue weighted by Crippen LogP contribution is -2.39. The molecule has 0 atom stereocenters. The van der Waals surface area contributed by atoms with Crippen molar-refractivity contribution in [3.63, 3.8) is 0 Å². The van der Waals surface area contributed by atoms with E-state index in [-0.39, 0.29) is 24.0 Å². The molecule has 1 aromatic carbocycles. The van der Waals surface area contributed by atoms with Crippen LogP contribution in [-0.2, 0) is 24.9 Å². The van der Waals surface area contributed by atoms with Crippen LogP contribution in [0.1, 0.15) is 11.4 Å². The number of aryl methyl sites for hydroxylation is 1. The molecule has 26 heavy (non-hydrogen) atoms. The molecule has 0 saturated carbocycles. The standard InChI is InChI=1S/C17H25N7O.HI/c1-18-17(20-12-16-21-13-22-23(16)2)19-11-14-5-3-4-6-15(14)24-7-9-25-10-8-24;/h3-6,13H,7-12H2,1-2H3,(H2,18,19,20);1H. The zero-order chi connectivity index (χ0) is 17.5. The predicted molar refractivity (Wildman–Crippen MR) is 113 cm³/mol. The van der Waals surface area contributed by atoms with Crippen LogP contribution in [0.25, 0.3) is 0 Å². The second kappa shape index (κ2) is 10.3. The van der Waals surface area contributed by atoms with E-state index in [1.54, 1.807) is 18.1 Å². The number of nitrogens with one attached hydrogen (secondary N) is 2. The Morgan fingerprint density at radius 3 is 2.62 bits per heavy atom. The van der Waals surface area contributed by atoms with E-state index in [0.717, 1.165) is 38.1 Å². The largest absolute Gasteiger partial charge is 0.378 e. The van der Waals surface area contributed by atoms with E-state index >= 15 is 0 Å². The minimum absolute atomic E-state index is 0. The van der Waals surface area contributed by atoms with Gasteiger partial charge in [0.15, 0.2) is 5.96 Å². The van der Waals surface area contributed by atoms with Crippen LogP contribution in [0, 0.1) is 0 Å². The summed E-state index contributed by atoms with van der Waals surface area (Å²) in [5.74, 6) is 1.59. The molecule has 0 aliphatic carbocycles. The second-order valence-electron chi connectivity index (χ2n) is 5.81. The highest BCUT2D eigenvalue weighted by atomic mass is 127. The number of para-hydroxylation sites is 1. The number of aromatic nitrogens is 3. The molecule has 0 spiro atoms. The Balaban J connectivity index is 0.00000243. The molecule has 1 fully saturated rings. The summed E-state index contributed by atoms with van der Waals surface area (Å²) >= 11 is 0. The van der Waals surface area contributed by atoms with Gasteiger partial charge in [0.05, 0.1) is 19.8 Å². The molecule has 2 N–H and O–H groups in total. The fraction of sp³-hybridized carbons (Fsp3) is 0.471. The Morgan fingerprint density at radius 1 is 1.19 bits per heavy atom. The van der Waals surface area contributed by atoms with E-state index < -0.39 is 0 Å². The molecular weight excluding hydrogens is 445 g/mol. The Morgan fingerprint density at radius 2 is 1.92 bits per heavy atom. The van der Waals surface area contributed by atoms with Crippen molar-refractivity contribution < 1.29 is 4.74 Å². The summed E-state index contributed by atoms with van der Waals surface area (Å²) in [6.45, 7) is 4.69. The highest BCUT2D eigenvalue weighted by molar-refractivity contribution is 14.0. The number of anilines is 1. The number of benzene rings is 1. The number of halogens is 1. The number of guanidine groups is 1. The van der Waals surface area contributed by atoms with Gasteiger partial charge in [0.2, 0.25) is 0 Å². The molecule has 0 radical (unpaired) electrons. The maximum atomic E-state index is 5.45. The first-order chi connectivity index (χ1) is 12.3. The molecule has 3 rings (SSSR count). The molecule has 0 unspecified atom stereocenters. The molecule has 1 saturated heterocycles. The van der Waals surface area contributed by atoms with E-state index in [4.69, 9.17) is 4.74 Å². The molecule has 2 aromatic rings. The van der Waals surface area contributed by atoms with Gasteiger partial charge in [-0.05, 0) is 11.6 Å². The number of morpholine rings is 1. The topological polar surface area (TPSA) is 79.6 Å². The quantitative estimate of drug-likeness (QED) is 0.387. The van der Waals surface area contributed by atoms with Gasteiger partial charge in [0.1, 0.15) is 12.2 Å². The molecular formula is C17H26IN7O. The SMILES string of the molecule is CN=C(NCc1ccccc1N1CCOCC1)NCc1ncnn1C.I. The summed E-state index contributed by atoms with van der Waals surface area (Å²) in [7, 11) is 3.64. The minimum atomic E-state index is 0. The Bertz CT molecular complexity index is 713. The van der Waals surface area contributed by atoms with Crippen molar-refractivity contribution in [1.82, 2.24) is 25.4 Å². The maximum absolute atomic E-state index is 5.45. The van der Waals surface area contributed by atoms with Gasteiger partial charge in [0, 0.05) is 39.4 Å². The van der Waals surface area contributed by atoms with Gasteiger partial charge in [0.25, 0.3) is 0 Å². The number of aliphatic imine (C=N–C) groups is 1. The van der Waals surface area contributed by atoms with Crippen LogP contribution in [0.3, 0.4) is 0 Å². The third-order valence-corrected chi connectivity index (χ3v) is 4.23. The van der Waals surface area contributed by atoms with Crippen molar-refractivity contribution in [3.05, 3.63) is 42.0 Å². The normalized spacial score (nSPS) is 14.7. The predicted octanol–water partition coefficient (Wildman–Crippen LogP) is 1.13. The average molecular weight is 471 g/mol. The zero-order valence-electron chi connectivity index (χ0n) is 15.2. The summed E-state index contributed by atoms with van der Waals surface area (Å²) < 4.78 is 7.20. The molecule has 1 aromatic heterocycles. The number of nitrogens with zero attached hydrogens (tertiary/aromatic N) is 5. The molecule has 8 nitrogen and oxygen atoms in total. The van der Waals surface area contributed by atoms with Crippen molar-refractivity contribution in [1.29, 1.82) is 0 Å². The first-order valence-corrected chi connectivity index (χ1v) is 8.46. The highest BCUT2D eigenvalue weighted by Gasteiger charge is 2.14. The fourth-order valence-electron chi connectivity index (χ4n) is 2.82. The first kappa shape index (κ1) is 20.4. The van der Waals surface area contributed by atoms with E-state index in [1.807, 2.05) is 7.05 Å². The monoisotopic (exact) mass is 471 g/mol. The van der Waals surface area contributed by atoms with E-state index in [1.165, 1.54) is 11.3 Å². The van der Waals surface area contributed by atoms with Crippen LogP contribution in [-0.4, -0.2) is 54.1 Å². The summed E-state index contributed by atoms with van der Waals surface area (Å²) in [5, 5.41) is 10.7. The highest BCUT2D eigenvalue weighted by Crippen LogP contribution is 2.21. The lowest BCUT2D eigenvalue weighted by Gasteiger charge is -2.30. The molecule has 9 heteroatoms. The van der Waals surface area contributed by atoms with Crippen LogP contribution in [0.15, 0.2) is 35.6 Å². The van der Waals surface area contributed by atoms with E-state index in [0.29, 0.717) is 13.1 Å². The van der Waals surface area contributed by atoms with E-state index in [9.17, 15) is 0 Å². The average Bonchev–Trinajstić information content (AvgIpc) is 3.08. The molecule has 0 bridgehead atoms. The molecule has 1 aliphatic heterocycles. The summed E-state index contributed by atoms with van der Waals surface area (Å²) in [4.78, 5) is 10.9. The summed E-state index contributed by atoms with van der Waals surface area (Å²) in [6.07, 6.45) is 1.55. The van der Waals surface area contributed by atoms with Gasteiger partial charge >= 0.3 is 0 Å². The van der Waals surface area contributed by atoms with Crippen molar-refractivity contribution in [2.45, 2.75) is 13.1 Å². The van der Waals surface area contributed by atoms with Crippen LogP contribution in [0.5, 0.6) is 0 Å². The van der Waals surface area contributed by atoms with Crippen LogP contribution >= 0.6 is 24.0 Å². The van der Waals surface area contributed by atoms with Crippen molar-refractivity contribution in [2.75, 3.05) is 38.3 Å². The fourth-order valence-corrected chi connectivity index (χ4v) is 2.82. The minimum Gasteiger partial charge on any atom is -0.378 e. The molecule has 142 valence electrons. The van der Waals surface area contributed by atoms with Crippen molar-refractivity contribution >= 4 is 35.6 Å². The van der Waals surface area contributed by atoms with Crippen LogP contribution < -0.4 is 15.5 Å². The van der Waals surface area contributed by atoms with Crippen molar-refractivity contribution in [2.24, 2.45) is 12.0 Å². The number of rotatable bonds is 5. The Kier molecular flexibility index (Phi) is 8.10. The zero-order valence-corrected chi connectivity index (χ0v) is 17.5. The van der Waals surface area contributed by atoms with Crippen LogP contribution in [0.4, 0.5) is 5.69 Å². The van der Waals surface area contributed by atoms with Gasteiger partial charge in [-0.2, -0.15) is 5.10 Å². The van der Waals surface area contributed by atoms with Gasteiger partial charge in [-0.1, -0.05) is 18.2 Å². The third-order valence-electron chi connectivity index (χ3n) is 4.23. The maximum Gasteiger partial charge on any atom is 0.191 e. The number of hydrogen-bond acceptors (Lipinski definition) is 5. The van der Waals surface area contributed by atoms with Gasteiger partial charge in [-0.3, -0.25) is 9.67 Å². The number of hydrogen-bond donors (Lipinski definition) is 2. The van der Waals surface area contributed by atoms with Gasteiger partial charge < -0.3 is 20.3 Å². The van der Waals surface area contributed by atoms with Crippen molar-refractivity contribution in [3.8, 4) is 0 Å². The Hall–Kier alpha value is -1.88. The Labute approximate surface area is 171 Å². The van der Waals surface area contributed by atoms with Crippen LogP contribution in [0.2, 0.25) is 0 Å². The van der Waals surface area contributed by atoms with E-state index in [2.05, 4.69) is 54.9 Å². The lowest BCUT2D eigenvalue weighted by atomic mass is 10.1.